The van der Waals surface area contributed by atoms with Crippen molar-refractivity contribution >= 4 is 22.7 Å². The Hall–Kier alpha value is -2.68. The molecular formula is C16H17F2N3O4. The molecule has 2 aromatic rings. The predicted molar refractivity (Wildman–Crippen MR) is 87.3 cm³/mol. The van der Waals surface area contributed by atoms with Crippen molar-refractivity contribution in [3.8, 4) is 5.75 Å². The summed E-state index contributed by atoms with van der Waals surface area (Å²) in [6.07, 6.45) is 0.0463. The second-order valence-corrected chi connectivity index (χ2v) is 5.89. The summed E-state index contributed by atoms with van der Waals surface area (Å²) in [5.41, 5.74) is 4.60. The van der Waals surface area contributed by atoms with Gasteiger partial charge in [0.2, 0.25) is 5.43 Å². The number of pyridine rings is 1. The van der Waals surface area contributed by atoms with Crippen LogP contribution in [0.15, 0.2) is 17.1 Å². The van der Waals surface area contributed by atoms with Crippen molar-refractivity contribution in [1.29, 1.82) is 0 Å². The van der Waals surface area contributed by atoms with E-state index < -0.39 is 29.0 Å². The topological polar surface area (TPSA) is 97.8 Å². The maximum absolute atomic E-state index is 15.1. The van der Waals surface area contributed by atoms with Gasteiger partial charge in [0.1, 0.15) is 11.5 Å². The maximum Gasteiger partial charge on any atom is 0.511 e. The number of anilines is 1. The highest BCUT2D eigenvalue weighted by atomic mass is 19.1. The third kappa shape index (κ3) is 2.91. The van der Waals surface area contributed by atoms with Gasteiger partial charge in [-0.25, -0.2) is 13.6 Å². The van der Waals surface area contributed by atoms with Gasteiger partial charge in [-0.2, -0.15) is 0 Å². The van der Waals surface area contributed by atoms with Crippen LogP contribution in [0.2, 0.25) is 0 Å². The van der Waals surface area contributed by atoms with Gasteiger partial charge in [0.05, 0.1) is 17.1 Å². The number of nitrogens with zero attached hydrogens (tertiary/aromatic N) is 2. The fraction of sp³-hybridized carbons (Fsp3) is 0.375. The van der Waals surface area contributed by atoms with Gasteiger partial charge in [0.15, 0.2) is 11.6 Å². The standard InChI is InChI=1S/C16H17F2N3O4/c1-2-20-7-11(25-16(23)24)15(22)9-5-10(17)14(12(18)13(9)20)21-4-3-8(19)6-21/h5,7-8H,2-4,6,19H2,1H3,(H,23,24)/t8-/m0/s1. The molecule has 0 spiro atoms. The Morgan fingerprint density at radius 2 is 2.20 bits per heavy atom. The molecule has 1 aliphatic heterocycles. The van der Waals surface area contributed by atoms with Crippen LogP contribution in [-0.2, 0) is 6.54 Å². The minimum absolute atomic E-state index is 0.0953. The number of benzene rings is 1. The molecule has 0 aliphatic carbocycles. The van der Waals surface area contributed by atoms with Crippen LogP contribution in [0.4, 0.5) is 19.3 Å². The lowest BCUT2D eigenvalue weighted by atomic mass is 10.1. The number of carbonyl (C=O) groups is 1. The zero-order valence-electron chi connectivity index (χ0n) is 13.5. The fourth-order valence-corrected chi connectivity index (χ4v) is 3.15. The number of nitrogens with two attached hydrogens (primary N) is 1. The largest absolute Gasteiger partial charge is 0.511 e. The number of rotatable bonds is 3. The van der Waals surface area contributed by atoms with Gasteiger partial charge >= 0.3 is 6.16 Å². The fourth-order valence-electron chi connectivity index (χ4n) is 3.15. The lowest BCUT2D eigenvalue weighted by Crippen LogP contribution is -2.28. The molecule has 9 heteroatoms. The molecule has 0 saturated carbocycles. The van der Waals surface area contributed by atoms with E-state index in [4.69, 9.17) is 10.8 Å². The molecule has 0 radical (unpaired) electrons. The number of carboxylic acid groups (broad SMARTS) is 1. The molecule has 1 fully saturated rings. The number of hydrogen-bond donors (Lipinski definition) is 2. The van der Waals surface area contributed by atoms with Crippen molar-refractivity contribution in [2.75, 3.05) is 18.0 Å². The zero-order chi connectivity index (χ0) is 18.3. The number of ether oxygens (including phenoxy) is 1. The number of fused-ring (bicyclic) bond motifs is 1. The van der Waals surface area contributed by atoms with Crippen molar-refractivity contribution in [1.82, 2.24) is 4.57 Å². The summed E-state index contributed by atoms with van der Waals surface area (Å²) >= 11 is 0. The number of aryl methyl sites for hydroxylation is 1. The minimum Gasteiger partial charge on any atom is -0.449 e. The van der Waals surface area contributed by atoms with Crippen LogP contribution >= 0.6 is 0 Å². The number of hydrogen-bond acceptors (Lipinski definition) is 5. The summed E-state index contributed by atoms with van der Waals surface area (Å²) in [5, 5.41) is 8.44. The van der Waals surface area contributed by atoms with E-state index in [1.807, 2.05) is 0 Å². The first-order valence-electron chi connectivity index (χ1n) is 7.80. The summed E-state index contributed by atoms with van der Waals surface area (Å²) in [5.74, 6) is -2.27. The first-order valence-corrected chi connectivity index (χ1v) is 7.80. The number of halogens is 2. The van der Waals surface area contributed by atoms with Crippen molar-refractivity contribution in [3.05, 3.63) is 34.1 Å². The van der Waals surface area contributed by atoms with E-state index in [9.17, 15) is 14.0 Å². The summed E-state index contributed by atoms with van der Waals surface area (Å²) in [4.78, 5) is 24.6. The van der Waals surface area contributed by atoms with Crippen molar-refractivity contribution in [2.45, 2.75) is 25.9 Å². The van der Waals surface area contributed by atoms with Gasteiger partial charge in [-0.05, 0) is 19.4 Å². The van der Waals surface area contributed by atoms with E-state index in [-0.39, 0.29) is 29.2 Å². The highest BCUT2D eigenvalue weighted by molar-refractivity contribution is 5.85. The minimum atomic E-state index is -1.68. The van der Waals surface area contributed by atoms with Gasteiger partial charge < -0.3 is 25.0 Å². The molecule has 3 rings (SSSR count). The van der Waals surface area contributed by atoms with Gasteiger partial charge in [-0.3, -0.25) is 4.79 Å². The highest BCUT2D eigenvalue weighted by Gasteiger charge is 2.28. The predicted octanol–water partition coefficient (Wildman–Crippen LogP) is 1.89. The van der Waals surface area contributed by atoms with Crippen molar-refractivity contribution in [3.63, 3.8) is 0 Å². The summed E-state index contributed by atoms with van der Waals surface area (Å²) < 4.78 is 35.4. The van der Waals surface area contributed by atoms with Gasteiger partial charge in [-0.1, -0.05) is 0 Å². The summed E-state index contributed by atoms with van der Waals surface area (Å²) in [7, 11) is 0. The Balaban J connectivity index is 2.28. The third-order valence-corrected chi connectivity index (χ3v) is 4.28. The van der Waals surface area contributed by atoms with Gasteiger partial charge in [-0.15, -0.1) is 0 Å². The van der Waals surface area contributed by atoms with Crippen LogP contribution in [0, 0.1) is 11.6 Å². The van der Waals surface area contributed by atoms with Crippen LogP contribution in [0.5, 0.6) is 5.75 Å². The van der Waals surface area contributed by atoms with Crippen LogP contribution in [0.3, 0.4) is 0 Å². The van der Waals surface area contributed by atoms with Crippen molar-refractivity contribution in [2.24, 2.45) is 5.73 Å². The van der Waals surface area contributed by atoms with E-state index in [1.165, 1.54) is 9.47 Å². The average Bonchev–Trinajstić information content (AvgIpc) is 2.96. The Morgan fingerprint density at radius 3 is 2.76 bits per heavy atom. The first kappa shape index (κ1) is 17.2. The second kappa shape index (κ2) is 6.32. The molecule has 1 aromatic carbocycles. The third-order valence-electron chi connectivity index (χ3n) is 4.28. The lowest BCUT2D eigenvalue weighted by molar-refractivity contribution is 0.144. The second-order valence-electron chi connectivity index (χ2n) is 5.89. The normalized spacial score (nSPS) is 17.3. The van der Waals surface area contributed by atoms with E-state index >= 15 is 4.39 Å². The zero-order valence-corrected chi connectivity index (χ0v) is 13.5. The van der Waals surface area contributed by atoms with Gasteiger partial charge in [0.25, 0.3) is 0 Å². The van der Waals surface area contributed by atoms with Gasteiger partial charge in [0, 0.05) is 25.7 Å². The quantitative estimate of drug-likeness (QED) is 0.818. The molecule has 1 saturated heterocycles. The Morgan fingerprint density at radius 1 is 1.48 bits per heavy atom. The smallest absolute Gasteiger partial charge is 0.449 e. The number of aromatic nitrogens is 1. The molecule has 134 valence electrons. The molecule has 0 bridgehead atoms. The van der Waals surface area contributed by atoms with E-state index in [0.717, 1.165) is 12.3 Å². The maximum atomic E-state index is 15.1. The highest BCUT2D eigenvalue weighted by Crippen LogP contribution is 2.32. The Bertz CT molecular complexity index is 913. The molecule has 0 unspecified atom stereocenters. The lowest BCUT2D eigenvalue weighted by Gasteiger charge is -2.22. The molecule has 1 aromatic heterocycles. The van der Waals surface area contributed by atoms with Crippen LogP contribution in [0.1, 0.15) is 13.3 Å². The van der Waals surface area contributed by atoms with Crippen LogP contribution < -0.4 is 20.8 Å². The Labute approximate surface area is 141 Å². The van der Waals surface area contributed by atoms with Crippen LogP contribution in [-0.4, -0.2) is 35.0 Å². The van der Waals surface area contributed by atoms with E-state index in [2.05, 4.69) is 4.74 Å². The molecule has 25 heavy (non-hydrogen) atoms. The first-order chi connectivity index (χ1) is 11.8. The molecular weight excluding hydrogens is 336 g/mol. The molecule has 7 nitrogen and oxygen atoms in total. The summed E-state index contributed by atoms with van der Waals surface area (Å²) in [6.45, 7) is 2.64. The monoisotopic (exact) mass is 353 g/mol. The average molecular weight is 353 g/mol. The van der Waals surface area contributed by atoms with Crippen LogP contribution in [0.25, 0.3) is 10.9 Å². The molecule has 3 N–H and O–H groups in total. The van der Waals surface area contributed by atoms with Crippen molar-refractivity contribution < 1.29 is 23.4 Å². The van der Waals surface area contributed by atoms with E-state index in [1.54, 1.807) is 6.92 Å². The Kier molecular flexibility index (Phi) is 4.34. The molecule has 1 atom stereocenters. The molecule has 2 heterocycles. The molecule has 0 amide bonds. The van der Waals surface area contributed by atoms with E-state index in [0.29, 0.717) is 19.5 Å². The SMILES string of the molecule is CCn1cc(OC(=O)O)c(=O)c2cc(F)c(N3CC[C@H](N)C3)c(F)c21. The molecule has 1 aliphatic rings. The summed E-state index contributed by atoms with van der Waals surface area (Å²) in [6, 6.07) is 0.745.